The molecule has 4 aliphatic carbocycles. The van der Waals surface area contributed by atoms with E-state index in [4.69, 9.17) is 0 Å². The Bertz CT molecular complexity index is 1430. The third-order valence-corrected chi connectivity index (χ3v) is 9.67. The lowest BCUT2D eigenvalue weighted by atomic mass is 9.47. The van der Waals surface area contributed by atoms with Crippen molar-refractivity contribution in [1.29, 1.82) is 0 Å². The van der Waals surface area contributed by atoms with Gasteiger partial charge in [-0.1, -0.05) is 48.5 Å². The molecule has 0 unspecified atom stereocenters. The maximum absolute atomic E-state index is 13.5. The van der Waals surface area contributed by atoms with Gasteiger partial charge < -0.3 is 15.3 Å². The summed E-state index contributed by atoms with van der Waals surface area (Å²) in [7, 11) is 1.86. The Hall–Kier alpha value is -3.55. The van der Waals surface area contributed by atoms with Gasteiger partial charge in [0.25, 0.3) is 0 Å². The average molecular weight is 565 g/mol. The van der Waals surface area contributed by atoms with Crippen LogP contribution in [0.3, 0.4) is 0 Å². The van der Waals surface area contributed by atoms with Crippen LogP contribution in [-0.4, -0.2) is 30.1 Å². The molecule has 3 aromatic carbocycles. The van der Waals surface area contributed by atoms with Gasteiger partial charge in [-0.15, -0.1) is 0 Å². The molecule has 7 rings (SSSR count). The van der Waals surface area contributed by atoms with Gasteiger partial charge in [-0.2, -0.15) is 13.2 Å². The average Bonchev–Trinajstić information content (AvgIpc) is 2.90. The number of hydrogen-bond acceptors (Lipinski definition) is 3. The standard InChI is InChI=1S/C33H35F3N2O3/c1-38(19-20-6-10-26(11-7-20)33(34,35)36)29-25(9-8-24-4-2-3-5-27(24)29)15-28(39)37-30(31(40)41)32-16-21-12-22(17-32)14-23(13-21)18-32/h2-11,21-23,30H,12-19H2,1H3,(H,37,39)(H,40,41)/t21?,22?,23?,30-,32?/m1/s1. The molecule has 0 spiro atoms. The summed E-state index contributed by atoms with van der Waals surface area (Å²) in [4.78, 5) is 28.0. The Labute approximate surface area is 237 Å². The molecule has 0 radical (unpaired) electrons. The number of nitrogens with one attached hydrogen (secondary N) is 1. The van der Waals surface area contributed by atoms with Gasteiger partial charge in [0.1, 0.15) is 6.04 Å². The van der Waals surface area contributed by atoms with E-state index in [0.29, 0.717) is 29.9 Å². The van der Waals surface area contributed by atoms with Crippen LogP contribution in [0.25, 0.3) is 10.8 Å². The summed E-state index contributed by atoms with van der Waals surface area (Å²) >= 11 is 0. The molecular formula is C33H35F3N2O3. The molecule has 1 amide bonds. The van der Waals surface area contributed by atoms with Crippen molar-refractivity contribution in [3.63, 3.8) is 0 Å². The number of carbonyl (C=O) groups excluding carboxylic acids is 1. The van der Waals surface area contributed by atoms with Crippen molar-refractivity contribution in [1.82, 2.24) is 5.32 Å². The predicted octanol–water partition coefficient (Wildman–Crippen LogP) is 6.82. The summed E-state index contributed by atoms with van der Waals surface area (Å²) in [6.45, 7) is 0.339. The summed E-state index contributed by atoms with van der Waals surface area (Å²) < 4.78 is 39.2. The second-order valence-corrected chi connectivity index (χ2v) is 12.6. The fraction of sp³-hybridized carbons (Fsp3) is 0.455. The highest BCUT2D eigenvalue weighted by molar-refractivity contribution is 5.98. The van der Waals surface area contributed by atoms with Crippen molar-refractivity contribution in [2.45, 2.75) is 63.7 Å². The van der Waals surface area contributed by atoms with E-state index < -0.39 is 23.8 Å². The summed E-state index contributed by atoms with van der Waals surface area (Å²) in [6, 6.07) is 15.8. The Morgan fingerprint density at radius 1 is 0.951 bits per heavy atom. The van der Waals surface area contributed by atoms with Crippen LogP contribution in [0.15, 0.2) is 60.7 Å². The minimum Gasteiger partial charge on any atom is -0.480 e. The third-order valence-electron chi connectivity index (χ3n) is 9.67. The molecule has 0 saturated heterocycles. The zero-order valence-corrected chi connectivity index (χ0v) is 23.1. The zero-order chi connectivity index (χ0) is 28.9. The number of rotatable bonds is 8. The van der Waals surface area contributed by atoms with Crippen molar-refractivity contribution in [2.24, 2.45) is 23.2 Å². The quantitative estimate of drug-likeness (QED) is 0.315. The maximum Gasteiger partial charge on any atom is 0.416 e. The van der Waals surface area contributed by atoms with Crippen molar-refractivity contribution < 1.29 is 27.9 Å². The minimum absolute atomic E-state index is 0.00760. The molecule has 8 heteroatoms. The number of alkyl halides is 3. The molecule has 4 bridgehead atoms. The zero-order valence-electron chi connectivity index (χ0n) is 23.1. The Morgan fingerprint density at radius 3 is 2.15 bits per heavy atom. The van der Waals surface area contributed by atoms with Gasteiger partial charge in [0.05, 0.1) is 12.0 Å². The molecule has 216 valence electrons. The van der Waals surface area contributed by atoms with Crippen LogP contribution in [0.5, 0.6) is 0 Å². The third kappa shape index (κ3) is 5.41. The van der Waals surface area contributed by atoms with E-state index in [-0.39, 0.29) is 17.7 Å². The van der Waals surface area contributed by atoms with E-state index in [1.165, 1.54) is 31.4 Å². The highest BCUT2D eigenvalue weighted by Gasteiger charge is 2.56. The smallest absolute Gasteiger partial charge is 0.416 e. The van der Waals surface area contributed by atoms with Crippen LogP contribution < -0.4 is 10.2 Å². The summed E-state index contributed by atoms with van der Waals surface area (Å²) in [5, 5.41) is 15.1. The lowest BCUT2D eigenvalue weighted by Gasteiger charge is -2.58. The van der Waals surface area contributed by atoms with E-state index in [1.54, 1.807) is 0 Å². The molecule has 4 aliphatic rings. The molecular weight excluding hydrogens is 529 g/mol. The SMILES string of the molecule is CN(Cc1ccc(C(F)(F)F)cc1)c1c(CC(=O)N[C@H](C(=O)O)C23CC4CC(CC(C4)C2)C3)ccc2ccccc12. The fourth-order valence-electron chi connectivity index (χ4n) is 8.44. The van der Waals surface area contributed by atoms with Gasteiger partial charge in [-0.25, -0.2) is 4.79 Å². The second-order valence-electron chi connectivity index (χ2n) is 12.6. The number of nitrogens with zero attached hydrogens (tertiary/aromatic N) is 1. The van der Waals surface area contributed by atoms with Crippen molar-refractivity contribution >= 4 is 28.3 Å². The van der Waals surface area contributed by atoms with Crippen molar-refractivity contribution in [3.8, 4) is 0 Å². The summed E-state index contributed by atoms with van der Waals surface area (Å²) in [5.41, 5.74) is 1.18. The highest BCUT2D eigenvalue weighted by atomic mass is 19.4. The maximum atomic E-state index is 13.5. The first-order chi connectivity index (χ1) is 19.5. The summed E-state index contributed by atoms with van der Waals surface area (Å²) in [6.07, 6.45) is 1.77. The molecule has 4 fully saturated rings. The normalized spacial score (nSPS) is 25.7. The Balaban J connectivity index is 1.25. The van der Waals surface area contributed by atoms with Crippen LogP contribution in [-0.2, 0) is 28.7 Å². The molecule has 41 heavy (non-hydrogen) atoms. The Kier molecular flexibility index (Phi) is 6.99. The molecule has 4 saturated carbocycles. The number of fused-ring (bicyclic) bond motifs is 1. The van der Waals surface area contributed by atoms with Crippen LogP contribution in [0, 0.1) is 23.2 Å². The number of carboxylic acids is 1. The monoisotopic (exact) mass is 564 g/mol. The van der Waals surface area contributed by atoms with E-state index in [2.05, 4.69) is 5.32 Å². The van der Waals surface area contributed by atoms with E-state index in [0.717, 1.165) is 53.4 Å². The van der Waals surface area contributed by atoms with Crippen LogP contribution >= 0.6 is 0 Å². The molecule has 0 aliphatic heterocycles. The number of aliphatic carboxylic acids is 1. The first-order valence-corrected chi connectivity index (χ1v) is 14.4. The molecule has 3 aromatic rings. The lowest BCUT2D eigenvalue weighted by molar-refractivity contribution is -0.154. The number of hydrogen-bond donors (Lipinski definition) is 2. The van der Waals surface area contributed by atoms with Crippen LogP contribution in [0.4, 0.5) is 18.9 Å². The van der Waals surface area contributed by atoms with E-state index >= 15 is 0 Å². The molecule has 1 atom stereocenters. The van der Waals surface area contributed by atoms with Gasteiger partial charge in [-0.3, -0.25) is 4.79 Å². The van der Waals surface area contributed by atoms with Crippen LogP contribution in [0.2, 0.25) is 0 Å². The number of carbonyl (C=O) groups is 2. The number of carboxylic acid groups (broad SMARTS) is 1. The van der Waals surface area contributed by atoms with Gasteiger partial charge in [0.2, 0.25) is 5.91 Å². The van der Waals surface area contributed by atoms with Gasteiger partial charge in [0.15, 0.2) is 0 Å². The number of benzene rings is 3. The number of halogens is 3. The van der Waals surface area contributed by atoms with Gasteiger partial charge >= 0.3 is 12.1 Å². The highest BCUT2D eigenvalue weighted by Crippen LogP contribution is 2.61. The predicted molar refractivity (Wildman–Crippen MR) is 151 cm³/mol. The molecule has 0 aromatic heterocycles. The summed E-state index contributed by atoms with van der Waals surface area (Å²) in [5.74, 6) is 0.397. The largest absolute Gasteiger partial charge is 0.480 e. The van der Waals surface area contributed by atoms with Crippen molar-refractivity contribution in [2.75, 3.05) is 11.9 Å². The molecule has 5 nitrogen and oxygen atoms in total. The molecule has 0 heterocycles. The molecule has 2 N–H and O–H groups in total. The van der Waals surface area contributed by atoms with Crippen LogP contribution in [0.1, 0.15) is 55.2 Å². The minimum atomic E-state index is -4.40. The number of amides is 1. The topological polar surface area (TPSA) is 69.6 Å². The van der Waals surface area contributed by atoms with Gasteiger partial charge in [0, 0.05) is 30.1 Å². The lowest BCUT2D eigenvalue weighted by Crippen LogP contribution is -2.60. The second kappa shape index (κ2) is 10.4. The number of anilines is 1. The Morgan fingerprint density at radius 2 is 1.56 bits per heavy atom. The van der Waals surface area contributed by atoms with Gasteiger partial charge in [-0.05, 0) is 84.9 Å². The van der Waals surface area contributed by atoms with E-state index in [1.807, 2.05) is 48.3 Å². The first kappa shape index (κ1) is 27.6. The first-order valence-electron chi connectivity index (χ1n) is 14.4. The van der Waals surface area contributed by atoms with Crippen molar-refractivity contribution in [3.05, 3.63) is 77.4 Å². The fourth-order valence-corrected chi connectivity index (χ4v) is 8.44. The van der Waals surface area contributed by atoms with E-state index in [9.17, 15) is 27.9 Å².